The summed E-state index contributed by atoms with van der Waals surface area (Å²) >= 11 is 1.46. The molecule has 12 heteroatoms. The molecule has 3 aromatic rings. The van der Waals surface area contributed by atoms with Crippen molar-refractivity contribution >= 4 is 44.5 Å². The van der Waals surface area contributed by atoms with Gasteiger partial charge < -0.3 is 10.6 Å². The number of thioether (sulfide) groups is 1. The van der Waals surface area contributed by atoms with Crippen LogP contribution in [0.15, 0.2) is 40.5 Å². The zero-order chi connectivity index (χ0) is 24.7. The van der Waals surface area contributed by atoms with E-state index in [9.17, 15) is 13.2 Å². The van der Waals surface area contributed by atoms with Crippen LogP contribution < -0.4 is 10.6 Å². The Bertz CT molecular complexity index is 1220. The predicted molar refractivity (Wildman–Crippen MR) is 135 cm³/mol. The number of carbonyl (C=O) groups is 1. The van der Waals surface area contributed by atoms with E-state index < -0.39 is 10.0 Å². The summed E-state index contributed by atoms with van der Waals surface area (Å²) < 4.78 is 28.4. The van der Waals surface area contributed by atoms with E-state index in [1.807, 2.05) is 6.26 Å². The number of fused-ring (bicyclic) bond motifs is 1. The van der Waals surface area contributed by atoms with Gasteiger partial charge in [-0.05, 0) is 36.9 Å². The third kappa shape index (κ3) is 5.68. The Kier molecular flexibility index (Phi) is 8.86. The zero-order valence-electron chi connectivity index (χ0n) is 19.9. The maximum Gasteiger partial charge on any atom is 0.251 e. The van der Waals surface area contributed by atoms with E-state index in [1.54, 1.807) is 24.7 Å². The highest BCUT2D eigenvalue weighted by molar-refractivity contribution is 7.98. The van der Waals surface area contributed by atoms with Gasteiger partial charge in [0, 0.05) is 31.7 Å². The number of benzene rings is 1. The van der Waals surface area contributed by atoms with E-state index in [1.165, 1.54) is 40.3 Å². The standard InChI is InChI=1S/C22H31N7O3S2/c1-5-12-23-19-18-15-25-29(20(18)27-22(26-19)33-4)14-13-24-21(30)16-8-10-17(11-9-16)34(31,32)28(6-2)7-3/h8-11,15H,5-7,12-14H2,1-4H3,(H,24,30)(H,23,26,27). The summed E-state index contributed by atoms with van der Waals surface area (Å²) in [5.74, 6) is 0.471. The fraction of sp³-hybridized carbons (Fsp3) is 0.455. The summed E-state index contributed by atoms with van der Waals surface area (Å²) in [6.07, 6.45) is 4.63. The van der Waals surface area contributed by atoms with Crippen LogP contribution in [0.2, 0.25) is 0 Å². The highest BCUT2D eigenvalue weighted by Gasteiger charge is 2.21. The average Bonchev–Trinajstić information content (AvgIpc) is 3.26. The fourth-order valence-electron chi connectivity index (χ4n) is 3.44. The Labute approximate surface area is 204 Å². The minimum absolute atomic E-state index is 0.174. The summed E-state index contributed by atoms with van der Waals surface area (Å²) in [5, 5.41) is 12.1. The molecule has 2 N–H and O–H groups in total. The SMILES string of the molecule is CCCNc1nc(SC)nc2c1cnn2CCNC(=O)c1ccc(S(=O)(=O)N(CC)CC)cc1. The van der Waals surface area contributed by atoms with Crippen molar-refractivity contribution in [2.45, 2.75) is 43.8 Å². The average molecular weight is 506 g/mol. The van der Waals surface area contributed by atoms with Gasteiger partial charge in [0.1, 0.15) is 5.82 Å². The molecule has 0 fully saturated rings. The van der Waals surface area contributed by atoms with Gasteiger partial charge in [-0.3, -0.25) is 4.79 Å². The van der Waals surface area contributed by atoms with Crippen LogP contribution in [0, 0.1) is 0 Å². The topological polar surface area (TPSA) is 122 Å². The first-order chi connectivity index (χ1) is 16.3. The second-order valence-corrected chi connectivity index (χ2v) is 10.2. The van der Waals surface area contributed by atoms with Gasteiger partial charge in [0.05, 0.1) is 23.0 Å². The Hall–Kier alpha value is -2.70. The van der Waals surface area contributed by atoms with Crippen LogP contribution >= 0.6 is 11.8 Å². The molecule has 2 aromatic heterocycles. The minimum atomic E-state index is -3.56. The lowest BCUT2D eigenvalue weighted by Gasteiger charge is -2.18. The molecule has 0 spiro atoms. The van der Waals surface area contributed by atoms with Crippen LogP contribution in [-0.2, 0) is 16.6 Å². The Balaban J connectivity index is 1.67. The molecule has 3 rings (SSSR count). The smallest absolute Gasteiger partial charge is 0.251 e. The molecule has 0 saturated carbocycles. The van der Waals surface area contributed by atoms with E-state index in [-0.39, 0.29) is 10.8 Å². The number of hydrogen-bond acceptors (Lipinski definition) is 8. The number of sulfonamides is 1. The molecule has 2 heterocycles. The normalized spacial score (nSPS) is 11.8. The predicted octanol–water partition coefficient (Wildman–Crippen LogP) is 2.83. The second kappa shape index (κ2) is 11.6. The number of anilines is 1. The van der Waals surface area contributed by atoms with Crippen molar-refractivity contribution in [1.82, 2.24) is 29.4 Å². The monoisotopic (exact) mass is 505 g/mol. The molecule has 0 atom stereocenters. The number of nitrogens with zero attached hydrogens (tertiary/aromatic N) is 5. The molecule has 184 valence electrons. The number of nitrogens with one attached hydrogen (secondary N) is 2. The number of amides is 1. The Morgan fingerprint density at radius 2 is 1.79 bits per heavy atom. The van der Waals surface area contributed by atoms with Crippen molar-refractivity contribution in [3.05, 3.63) is 36.0 Å². The quantitative estimate of drug-likeness (QED) is 0.285. The van der Waals surface area contributed by atoms with Crippen molar-refractivity contribution in [1.29, 1.82) is 0 Å². The maximum absolute atomic E-state index is 12.6. The van der Waals surface area contributed by atoms with Crippen molar-refractivity contribution in [3.8, 4) is 0 Å². The third-order valence-electron chi connectivity index (χ3n) is 5.27. The van der Waals surface area contributed by atoms with E-state index in [0.29, 0.717) is 42.5 Å². The molecule has 0 aliphatic heterocycles. The summed E-state index contributed by atoms with van der Waals surface area (Å²) in [4.78, 5) is 21.9. The van der Waals surface area contributed by atoms with Crippen LogP contribution in [-0.4, -0.2) is 70.8 Å². The highest BCUT2D eigenvalue weighted by Crippen LogP contribution is 2.23. The molecule has 0 bridgehead atoms. The zero-order valence-corrected chi connectivity index (χ0v) is 21.5. The van der Waals surface area contributed by atoms with Crippen molar-refractivity contribution in [3.63, 3.8) is 0 Å². The van der Waals surface area contributed by atoms with E-state index in [2.05, 4.69) is 32.6 Å². The number of rotatable bonds is 12. The van der Waals surface area contributed by atoms with Crippen LogP contribution in [0.4, 0.5) is 5.82 Å². The first-order valence-electron chi connectivity index (χ1n) is 11.2. The largest absolute Gasteiger partial charge is 0.369 e. The third-order valence-corrected chi connectivity index (χ3v) is 7.88. The summed E-state index contributed by atoms with van der Waals surface area (Å²) in [6, 6.07) is 5.99. The molecule has 1 amide bonds. The van der Waals surface area contributed by atoms with E-state index >= 15 is 0 Å². The van der Waals surface area contributed by atoms with Gasteiger partial charge in [-0.15, -0.1) is 0 Å². The van der Waals surface area contributed by atoms with Gasteiger partial charge >= 0.3 is 0 Å². The summed E-state index contributed by atoms with van der Waals surface area (Å²) in [7, 11) is -3.56. The molecule has 34 heavy (non-hydrogen) atoms. The number of aromatic nitrogens is 4. The van der Waals surface area contributed by atoms with Gasteiger partial charge in [0.25, 0.3) is 5.91 Å². The lowest BCUT2D eigenvalue weighted by atomic mass is 10.2. The number of hydrogen-bond donors (Lipinski definition) is 2. The van der Waals surface area contributed by atoms with Gasteiger partial charge in [0.15, 0.2) is 10.8 Å². The Morgan fingerprint density at radius 1 is 1.09 bits per heavy atom. The molecule has 1 aromatic carbocycles. The van der Waals surface area contributed by atoms with Gasteiger partial charge in [0.2, 0.25) is 10.0 Å². The minimum Gasteiger partial charge on any atom is -0.369 e. The lowest BCUT2D eigenvalue weighted by molar-refractivity contribution is 0.0952. The van der Waals surface area contributed by atoms with E-state index in [4.69, 9.17) is 0 Å². The van der Waals surface area contributed by atoms with Crippen molar-refractivity contribution in [2.24, 2.45) is 0 Å². The molecule has 0 aliphatic rings. The lowest BCUT2D eigenvalue weighted by Crippen LogP contribution is -2.31. The molecule has 0 unspecified atom stereocenters. The fourth-order valence-corrected chi connectivity index (χ4v) is 5.26. The van der Waals surface area contributed by atoms with Gasteiger partial charge in [-0.25, -0.2) is 23.1 Å². The molecule has 0 radical (unpaired) electrons. The van der Waals surface area contributed by atoms with Crippen LogP contribution in [0.25, 0.3) is 11.0 Å². The Morgan fingerprint density at radius 3 is 2.41 bits per heavy atom. The molecule has 0 aliphatic carbocycles. The first-order valence-corrected chi connectivity index (χ1v) is 13.9. The molecule has 10 nitrogen and oxygen atoms in total. The summed E-state index contributed by atoms with van der Waals surface area (Å²) in [6.45, 7) is 8.03. The van der Waals surface area contributed by atoms with Crippen LogP contribution in [0.5, 0.6) is 0 Å². The first kappa shape index (κ1) is 25.9. The maximum atomic E-state index is 12.6. The molecule has 0 saturated heterocycles. The highest BCUT2D eigenvalue weighted by atomic mass is 32.2. The molecular weight excluding hydrogens is 474 g/mol. The second-order valence-electron chi connectivity index (χ2n) is 7.46. The van der Waals surface area contributed by atoms with Crippen molar-refractivity contribution < 1.29 is 13.2 Å². The van der Waals surface area contributed by atoms with Gasteiger partial charge in [-0.2, -0.15) is 9.40 Å². The van der Waals surface area contributed by atoms with Gasteiger partial charge in [-0.1, -0.05) is 32.5 Å². The number of carbonyl (C=O) groups excluding carboxylic acids is 1. The van der Waals surface area contributed by atoms with Crippen LogP contribution in [0.3, 0.4) is 0 Å². The summed E-state index contributed by atoms with van der Waals surface area (Å²) in [5.41, 5.74) is 1.10. The molecular formula is C22H31N7O3S2. The van der Waals surface area contributed by atoms with Crippen LogP contribution in [0.1, 0.15) is 37.6 Å². The van der Waals surface area contributed by atoms with E-state index in [0.717, 1.165) is 24.2 Å². The van der Waals surface area contributed by atoms with Crippen molar-refractivity contribution in [2.75, 3.05) is 37.8 Å².